The number of aromatic hydroxyl groups is 1. The third-order valence-electron chi connectivity index (χ3n) is 2.82. The molecule has 0 aromatic heterocycles. The molecule has 0 saturated heterocycles. The van der Waals surface area contributed by atoms with E-state index in [1.807, 2.05) is 0 Å². The summed E-state index contributed by atoms with van der Waals surface area (Å²) in [6.45, 7) is 6.37. The highest BCUT2D eigenvalue weighted by molar-refractivity contribution is 7.98. The van der Waals surface area contributed by atoms with E-state index in [1.54, 1.807) is 11.8 Å². The van der Waals surface area contributed by atoms with Crippen molar-refractivity contribution in [2.45, 2.75) is 44.9 Å². The van der Waals surface area contributed by atoms with Crippen LogP contribution in [0.1, 0.15) is 37.5 Å². The zero-order valence-corrected chi connectivity index (χ0v) is 10.9. The maximum Gasteiger partial charge on any atom is 0.123 e. The summed E-state index contributed by atoms with van der Waals surface area (Å²) in [5, 5.41) is 10.1. The van der Waals surface area contributed by atoms with Gasteiger partial charge in [-0.05, 0) is 36.6 Å². The van der Waals surface area contributed by atoms with Crippen LogP contribution in [0.5, 0.6) is 5.75 Å². The highest BCUT2D eigenvalue weighted by atomic mass is 32.2. The minimum atomic E-state index is 0.515. The summed E-state index contributed by atoms with van der Waals surface area (Å²) >= 11 is 1.74. The topological polar surface area (TPSA) is 20.2 Å². The van der Waals surface area contributed by atoms with Crippen molar-refractivity contribution in [1.29, 1.82) is 0 Å². The lowest BCUT2D eigenvalue weighted by atomic mass is 9.99. The second kappa shape index (κ2) is 5.45. The zero-order valence-electron chi connectivity index (χ0n) is 10.1. The van der Waals surface area contributed by atoms with Crippen molar-refractivity contribution in [2.75, 3.05) is 6.26 Å². The number of benzene rings is 1. The van der Waals surface area contributed by atoms with Crippen molar-refractivity contribution in [1.82, 2.24) is 0 Å². The Morgan fingerprint density at radius 2 is 1.67 bits per heavy atom. The van der Waals surface area contributed by atoms with Gasteiger partial charge in [-0.2, -0.15) is 0 Å². The second-order valence-corrected chi connectivity index (χ2v) is 4.43. The highest BCUT2D eigenvalue weighted by Gasteiger charge is 2.13. The predicted molar refractivity (Wildman–Crippen MR) is 68.0 cm³/mol. The number of hydrogen-bond donors (Lipinski definition) is 1. The van der Waals surface area contributed by atoms with Crippen LogP contribution in [-0.2, 0) is 19.3 Å². The van der Waals surface area contributed by atoms with Crippen LogP contribution in [0.4, 0.5) is 0 Å². The van der Waals surface area contributed by atoms with Crippen molar-refractivity contribution in [3.05, 3.63) is 22.8 Å². The van der Waals surface area contributed by atoms with E-state index >= 15 is 0 Å². The van der Waals surface area contributed by atoms with Gasteiger partial charge in [0.05, 0.1) is 0 Å². The average molecular weight is 224 g/mol. The lowest BCUT2D eigenvalue weighted by Crippen LogP contribution is -1.97. The third-order valence-corrected chi connectivity index (χ3v) is 3.74. The minimum absolute atomic E-state index is 0.515. The average Bonchev–Trinajstić information content (AvgIpc) is 2.28. The summed E-state index contributed by atoms with van der Waals surface area (Å²) in [6.07, 6.45) is 4.93. The molecule has 0 aliphatic heterocycles. The van der Waals surface area contributed by atoms with E-state index in [0.29, 0.717) is 5.75 Å². The monoisotopic (exact) mass is 224 g/mol. The van der Waals surface area contributed by atoms with Gasteiger partial charge in [0.25, 0.3) is 0 Å². The smallest absolute Gasteiger partial charge is 0.123 e. The van der Waals surface area contributed by atoms with E-state index in [9.17, 15) is 5.11 Å². The number of thioether (sulfide) groups is 1. The quantitative estimate of drug-likeness (QED) is 0.785. The molecule has 1 N–H and O–H groups in total. The molecule has 0 spiro atoms. The Hall–Kier alpha value is -0.630. The fourth-order valence-electron chi connectivity index (χ4n) is 1.95. The van der Waals surface area contributed by atoms with Crippen molar-refractivity contribution >= 4 is 11.8 Å². The molecule has 0 saturated carbocycles. The molecule has 0 bridgehead atoms. The molecule has 84 valence electrons. The van der Waals surface area contributed by atoms with E-state index in [4.69, 9.17) is 0 Å². The molecule has 0 heterocycles. The van der Waals surface area contributed by atoms with Crippen LogP contribution in [-0.4, -0.2) is 11.4 Å². The summed E-state index contributed by atoms with van der Waals surface area (Å²) in [7, 11) is 0. The SMILES string of the molecule is CCc1cc(CC)c(SC)c(CC)c1O. The van der Waals surface area contributed by atoms with Gasteiger partial charge in [-0.3, -0.25) is 0 Å². The molecule has 0 radical (unpaired) electrons. The molecule has 1 aromatic carbocycles. The Morgan fingerprint density at radius 1 is 1.07 bits per heavy atom. The summed E-state index contributed by atoms with van der Waals surface area (Å²) in [4.78, 5) is 1.27. The molecule has 2 heteroatoms. The first-order chi connectivity index (χ1) is 7.19. The van der Waals surface area contributed by atoms with E-state index in [-0.39, 0.29) is 0 Å². The molecule has 0 aliphatic rings. The molecule has 0 aliphatic carbocycles. The Bertz CT molecular complexity index is 345. The molecule has 0 atom stereocenters. The standard InChI is InChI=1S/C13H20OS/c1-5-9-8-10(6-2)13(15-4)11(7-3)12(9)14/h8,14H,5-7H2,1-4H3. The number of rotatable bonds is 4. The van der Waals surface area contributed by atoms with E-state index in [1.165, 1.54) is 10.5 Å². The van der Waals surface area contributed by atoms with Gasteiger partial charge in [0.1, 0.15) is 5.75 Å². The van der Waals surface area contributed by atoms with Gasteiger partial charge in [-0.1, -0.05) is 26.8 Å². The Labute approximate surface area is 96.9 Å². The fourth-order valence-corrected chi connectivity index (χ4v) is 2.91. The normalized spacial score (nSPS) is 10.7. The maximum absolute atomic E-state index is 10.1. The molecule has 0 amide bonds. The summed E-state index contributed by atoms with van der Waals surface area (Å²) < 4.78 is 0. The van der Waals surface area contributed by atoms with Crippen LogP contribution < -0.4 is 0 Å². The number of aryl methyl sites for hydroxylation is 2. The lowest BCUT2D eigenvalue weighted by molar-refractivity contribution is 0.459. The van der Waals surface area contributed by atoms with E-state index in [0.717, 1.165) is 30.4 Å². The summed E-state index contributed by atoms with van der Waals surface area (Å²) in [5.41, 5.74) is 3.58. The van der Waals surface area contributed by atoms with Crippen molar-refractivity contribution in [3.63, 3.8) is 0 Å². The van der Waals surface area contributed by atoms with Crippen molar-refractivity contribution in [3.8, 4) is 5.75 Å². The minimum Gasteiger partial charge on any atom is -0.507 e. The van der Waals surface area contributed by atoms with Crippen LogP contribution in [0.25, 0.3) is 0 Å². The van der Waals surface area contributed by atoms with Gasteiger partial charge in [0.15, 0.2) is 0 Å². The molecule has 1 nitrogen and oxygen atoms in total. The molecule has 0 unspecified atom stereocenters. The van der Waals surface area contributed by atoms with Gasteiger partial charge >= 0.3 is 0 Å². The van der Waals surface area contributed by atoms with Gasteiger partial charge in [-0.15, -0.1) is 11.8 Å². The maximum atomic E-state index is 10.1. The molecule has 15 heavy (non-hydrogen) atoms. The van der Waals surface area contributed by atoms with E-state index < -0.39 is 0 Å². The van der Waals surface area contributed by atoms with Crippen LogP contribution >= 0.6 is 11.8 Å². The number of phenols is 1. The first-order valence-corrected chi connectivity index (χ1v) is 6.82. The van der Waals surface area contributed by atoms with Gasteiger partial charge in [-0.25, -0.2) is 0 Å². The molecular weight excluding hydrogens is 204 g/mol. The molecular formula is C13H20OS. The Kier molecular flexibility index (Phi) is 4.52. The first-order valence-electron chi connectivity index (χ1n) is 5.60. The second-order valence-electron chi connectivity index (χ2n) is 3.62. The first kappa shape index (κ1) is 12.4. The van der Waals surface area contributed by atoms with E-state index in [2.05, 4.69) is 33.1 Å². The fraction of sp³-hybridized carbons (Fsp3) is 0.538. The number of hydrogen-bond acceptors (Lipinski definition) is 2. The van der Waals surface area contributed by atoms with Crippen molar-refractivity contribution in [2.24, 2.45) is 0 Å². The Morgan fingerprint density at radius 3 is 2.07 bits per heavy atom. The largest absolute Gasteiger partial charge is 0.507 e. The molecule has 0 fully saturated rings. The third kappa shape index (κ3) is 2.31. The van der Waals surface area contributed by atoms with Crippen LogP contribution in [0, 0.1) is 0 Å². The molecule has 1 aromatic rings. The summed E-state index contributed by atoms with van der Waals surface area (Å²) in [6, 6.07) is 2.15. The molecule has 1 rings (SSSR count). The zero-order chi connectivity index (χ0) is 11.4. The van der Waals surface area contributed by atoms with Gasteiger partial charge < -0.3 is 5.11 Å². The lowest BCUT2D eigenvalue weighted by Gasteiger charge is -2.16. The van der Waals surface area contributed by atoms with Crippen LogP contribution in [0.2, 0.25) is 0 Å². The van der Waals surface area contributed by atoms with Crippen LogP contribution in [0.3, 0.4) is 0 Å². The Balaban J connectivity index is 3.43. The van der Waals surface area contributed by atoms with Crippen LogP contribution in [0.15, 0.2) is 11.0 Å². The van der Waals surface area contributed by atoms with Gasteiger partial charge in [0.2, 0.25) is 0 Å². The summed E-state index contributed by atoms with van der Waals surface area (Å²) in [5.74, 6) is 0.515. The highest BCUT2D eigenvalue weighted by Crippen LogP contribution is 2.35. The van der Waals surface area contributed by atoms with Crippen molar-refractivity contribution < 1.29 is 5.11 Å². The van der Waals surface area contributed by atoms with Gasteiger partial charge in [0, 0.05) is 10.5 Å². The number of phenolic OH excluding ortho intramolecular Hbond substituents is 1. The predicted octanol–water partition coefficient (Wildman–Crippen LogP) is 3.80.